The second-order valence-electron chi connectivity index (χ2n) is 5.48. The van der Waals surface area contributed by atoms with E-state index in [1.165, 1.54) is 6.42 Å². The van der Waals surface area contributed by atoms with Crippen LogP contribution in [0.2, 0.25) is 0 Å². The van der Waals surface area contributed by atoms with Gasteiger partial charge in [0.25, 0.3) is 10.1 Å². The monoisotopic (exact) mass is 298 g/mol. The van der Waals surface area contributed by atoms with Gasteiger partial charge in [-0.2, -0.15) is 8.42 Å². The van der Waals surface area contributed by atoms with Crippen LogP contribution in [0.5, 0.6) is 0 Å². The summed E-state index contributed by atoms with van der Waals surface area (Å²) in [4.78, 5) is 0.199. The molecule has 112 valence electrons. The summed E-state index contributed by atoms with van der Waals surface area (Å²) in [6, 6.07) is 6.68. The Morgan fingerprint density at radius 3 is 2.25 bits per heavy atom. The highest BCUT2D eigenvalue weighted by Crippen LogP contribution is 2.32. The lowest BCUT2D eigenvalue weighted by atomic mass is 9.85. The molecule has 20 heavy (non-hydrogen) atoms. The summed E-state index contributed by atoms with van der Waals surface area (Å²) in [6.45, 7) is 2.01. The second kappa shape index (κ2) is 6.24. The number of ether oxygens (including phenoxy) is 1. The van der Waals surface area contributed by atoms with Gasteiger partial charge in [0.2, 0.25) is 0 Å². The molecule has 0 N–H and O–H groups in total. The highest BCUT2D eigenvalue weighted by Gasteiger charge is 2.34. The molecule has 0 heterocycles. The minimum absolute atomic E-state index is 0.0969. The first kappa shape index (κ1) is 15.5. The van der Waals surface area contributed by atoms with Crippen LogP contribution < -0.4 is 0 Å². The normalized spacial score (nSPS) is 18.9. The average Bonchev–Trinajstić information content (AvgIpc) is 2.47. The third-order valence-electron chi connectivity index (χ3n) is 3.98. The third-order valence-corrected chi connectivity index (χ3v) is 5.26. The quantitative estimate of drug-likeness (QED) is 0.784. The summed E-state index contributed by atoms with van der Waals surface area (Å²) in [7, 11) is -2.07. The van der Waals surface area contributed by atoms with Crippen molar-refractivity contribution < 1.29 is 17.3 Å². The predicted octanol–water partition coefficient (Wildman–Crippen LogP) is 3.05. The fraction of sp³-hybridized carbons (Fsp3) is 0.600. The zero-order chi connectivity index (χ0) is 14.6. The molecule has 0 radical (unpaired) electrons. The summed E-state index contributed by atoms with van der Waals surface area (Å²) < 4.78 is 35.1. The highest BCUT2D eigenvalue weighted by atomic mass is 32.2. The van der Waals surface area contributed by atoms with Gasteiger partial charge in [-0.15, -0.1) is 0 Å². The third kappa shape index (κ3) is 3.59. The number of rotatable bonds is 5. The fourth-order valence-corrected chi connectivity index (χ4v) is 3.54. The molecule has 0 aromatic heterocycles. The molecule has 0 atom stereocenters. The Bertz CT molecular complexity index is 527. The molecule has 0 spiro atoms. The number of benzene rings is 1. The fourth-order valence-electron chi connectivity index (χ4n) is 2.56. The van der Waals surface area contributed by atoms with Crippen molar-refractivity contribution in [2.24, 2.45) is 0 Å². The highest BCUT2D eigenvalue weighted by molar-refractivity contribution is 7.86. The molecular formula is C15H22O4S. The van der Waals surface area contributed by atoms with Gasteiger partial charge in [0.05, 0.1) is 17.1 Å². The lowest BCUT2D eigenvalue weighted by Gasteiger charge is -2.35. The van der Waals surface area contributed by atoms with Crippen LogP contribution in [0.4, 0.5) is 0 Å². The van der Waals surface area contributed by atoms with Crippen LogP contribution in [0, 0.1) is 6.92 Å². The first-order valence-electron chi connectivity index (χ1n) is 6.99. The van der Waals surface area contributed by atoms with Crippen molar-refractivity contribution in [3.8, 4) is 0 Å². The van der Waals surface area contributed by atoms with Crippen LogP contribution in [0.1, 0.15) is 37.7 Å². The van der Waals surface area contributed by atoms with Gasteiger partial charge in [0.15, 0.2) is 0 Å². The van der Waals surface area contributed by atoms with E-state index in [1.807, 2.05) is 6.92 Å². The Labute approximate surface area is 121 Å². The Morgan fingerprint density at radius 1 is 1.10 bits per heavy atom. The van der Waals surface area contributed by atoms with E-state index >= 15 is 0 Å². The van der Waals surface area contributed by atoms with Crippen LogP contribution in [0.25, 0.3) is 0 Å². The van der Waals surface area contributed by atoms with Crippen molar-refractivity contribution >= 4 is 10.1 Å². The molecule has 1 aromatic rings. The number of aryl methyl sites for hydroxylation is 1. The summed E-state index contributed by atoms with van der Waals surface area (Å²) >= 11 is 0. The summed E-state index contributed by atoms with van der Waals surface area (Å²) in [5.74, 6) is 0. The number of hydrogen-bond donors (Lipinski definition) is 0. The second-order valence-corrected chi connectivity index (χ2v) is 7.09. The van der Waals surface area contributed by atoms with Crippen LogP contribution in [0.15, 0.2) is 29.2 Å². The first-order chi connectivity index (χ1) is 9.47. The van der Waals surface area contributed by atoms with Crippen LogP contribution in [-0.4, -0.2) is 27.7 Å². The van der Waals surface area contributed by atoms with Crippen molar-refractivity contribution in [2.75, 3.05) is 13.7 Å². The van der Waals surface area contributed by atoms with Gasteiger partial charge in [-0.1, -0.05) is 37.0 Å². The number of methoxy groups -OCH3 is 1. The molecular weight excluding hydrogens is 276 g/mol. The number of hydrogen-bond acceptors (Lipinski definition) is 4. The van der Waals surface area contributed by atoms with E-state index < -0.39 is 15.7 Å². The van der Waals surface area contributed by atoms with Crippen LogP contribution in [0.3, 0.4) is 0 Å². The molecule has 0 unspecified atom stereocenters. The van der Waals surface area contributed by atoms with Gasteiger partial charge >= 0.3 is 0 Å². The minimum atomic E-state index is -3.70. The molecule has 1 aromatic carbocycles. The maximum atomic E-state index is 12.2. The van der Waals surface area contributed by atoms with Crippen molar-refractivity contribution in [1.82, 2.24) is 0 Å². The van der Waals surface area contributed by atoms with Crippen LogP contribution >= 0.6 is 0 Å². The first-order valence-corrected chi connectivity index (χ1v) is 8.40. The Hall–Kier alpha value is -0.910. The molecule has 1 fully saturated rings. The van der Waals surface area contributed by atoms with E-state index in [9.17, 15) is 8.42 Å². The largest absolute Gasteiger partial charge is 0.376 e. The molecule has 4 nitrogen and oxygen atoms in total. The van der Waals surface area contributed by atoms with Gasteiger partial charge in [0, 0.05) is 7.11 Å². The topological polar surface area (TPSA) is 52.6 Å². The molecule has 5 heteroatoms. The van der Waals surface area contributed by atoms with E-state index in [0.29, 0.717) is 0 Å². The summed E-state index contributed by atoms with van der Waals surface area (Å²) in [5.41, 5.74) is 0.570. The molecule has 1 aliphatic rings. The van der Waals surface area contributed by atoms with E-state index in [1.54, 1.807) is 31.4 Å². The maximum absolute atomic E-state index is 12.2. The molecule has 2 rings (SSSR count). The van der Waals surface area contributed by atoms with Crippen molar-refractivity contribution in [3.63, 3.8) is 0 Å². The SMILES string of the molecule is COC1(COS(=O)(=O)c2ccc(C)cc2)CCCCC1. The minimum Gasteiger partial charge on any atom is -0.376 e. The van der Waals surface area contributed by atoms with Gasteiger partial charge in [-0.3, -0.25) is 4.18 Å². The van der Waals surface area contributed by atoms with Gasteiger partial charge in [-0.05, 0) is 31.9 Å². The van der Waals surface area contributed by atoms with E-state index in [0.717, 1.165) is 31.2 Å². The van der Waals surface area contributed by atoms with Crippen molar-refractivity contribution in [2.45, 2.75) is 49.5 Å². The zero-order valence-corrected chi connectivity index (χ0v) is 12.9. The lowest BCUT2D eigenvalue weighted by Crippen LogP contribution is -2.39. The lowest BCUT2D eigenvalue weighted by molar-refractivity contribution is -0.0674. The van der Waals surface area contributed by atoms with Gasteiger partial charge < -0.3 is 4.74 Å². The standard InChI is InChI=1S/C15H22O4S/c1-13-6-8-14(9-7-13)20(16,17)19-12-15(18-2)10-4-3-5-11-15/h6-9H,3-5,10-12H2,1-2H3. The van der Waals surface area contributed by atoms with Gasteiger partial charge in [0.1, 0.15) is 0 Å². The Balaban J connectivity index is 2.06. The Morgan fingerprint density at radius 2 is 1.70 bits per heavy atom. The van der Waals surface area contributed by atoms with Crippen molar-refractivity contribution in [3.05, 3.63) is 29.8 Å². The maximum Gasteiger partial charge on any atom is 0.297 e. The molecule has 0 bridgehead atoms. The zero-order valence-electron chi connectivity index (χ0n) is 12.1. The smallest absolute Gasteiger partial charge is 0.297 e. The predicted molar refractivity (Wildman–Crippen MR) is 77.1 cm³/mol. The van der Waals surface area contributed by atoms with Gasteiger partial charge in [-0.25, -0.2) is 0 Å². The van der Waals surface area contributed by atoms with E-state index in [2.05, 4.69) is 0 Å². The molecule has 0 amide bonds. The van der Waals surface area contributed by atoms with Crippen LogP contribution in [-0.2, 0) is 19.0 Å². The molecule has 1 saturated carbocycles. The van der Waals surface area contributed by atoms with E-state index in [4.69, 9.17) is 8.92 Å². The molecule has 0 aliphatic heterocycles. The molecule has 1 aliphatic carbocycles. The van der Waals surface area contributed by atoms with E-state index in [-0.39, 0.29) is 11.5 Å². The summed E-state index contributed by atoms with van der Waals surface area (Å²) in [5, 5.41) is 0. The Kier molecular flexibility index (Phi) is 4.83. The average molecular weight is 298 g/mol. The van der Waals surface area contributed by atoms with Crippen molar-refractivity contribution in [1.29, 1.82) is 0 Å². The summed E-state index contributed by atoms with van der Waals surface area (Å²) in [6.07, 6.45) is 5.00. The molecule has 0 saturated heterocycles.